The lowest BCUT2D eigenvalue weighted by molar-refractivity contribution is -0.135. The molecule has 2 atom stereocenters. The summed E-state index contributed by atoms with van der Waals surface area (Å²) >= 11 is 1.98. The topological polar surface area (TPSA) is 32.8 Å². The van der Waals surface area contributed by atoms with Crippen molar-refractivity contribution in [3.05, 3.63) is 0 Å². The molecular formula is C14H26N2O2S. The number of carbonyl (C=O) groups is 1. The molecule has 0 aromatic rings. The van der Waals surface area contributed by atoms with Crippen molar-refractivity contribution >= 4 is 17.7 Å². The molecule has 0 bridgehead atoms. The van der Waals surface area contributed by atoms with Crippen LogP contribution in [0.15, 0.2) is 0 Å². The Labute approximate surface area is 120 Å². The second-order valence-electron chi connectivity index (χ2n) is 5.50. The lowest BCUT2D eigenvalue weighted by Crippen LogP contribution is -2.43. The highest BCUT2D eigenvalue weighted by Gasteiger charge is 2.30. The Hall–Kier alpha value is -0.260. The molecule has 2 fully saturated rings. The van der Waals surface area contributed by atoms with Crippen LogP contribution in [0.5, 0.6) is 0 Å². The summed E-state index contributed by atoms with van der Waals surface area (Å²) in [4.78, 5) is 16.4. The van der Waals surface area contributed by atoms with Crippen LogP contribution in [-0.4, -0.2) is 73.2 Å². The Kier molecular flexibility index (Phi) is 5.98. The van der Waals surface area contributed by atoms with Crippen molar-refractivity contribution in [1.82, 2.24) is 9.80 Å². The summed E-state index contributed by atoms with van der Waals surface area (Å²) in [5.74, 6) is 0.286. The first-order valence-electron chi connectivity index (χ1n) is 7.31. The highest BCUT2D eigenvalue weighted by molar-refractivity contribution is 7.99. The van der Waals surface area contributed by atoms with Crippen LogP contribution in [0, 0.1) is 0 Å². The largest absolute Gasteiger partial charge is 0.378 e. The maximum atomic E-state index is 12.1. The summed E-state index contributed by atoms with van der Waals surface area (Å²) in [5, 5.41) is 0.753. The van der Waals surface area contributed by atoms with Gasteiger partial charge in [-0.1, -0.05) is 6.42 Å². The average molecular weight is 286 g/mol. The van der Waals surface area contributed by atoms with Gasteiger partial charge in [0.25, 0.3) is 0 Å². The average Bonchev–Trinajstić information content (AvgIpc) is 2.93. The van der Waals surface area contributed by atoms with Gasteiger partial charge in [-0.15, -0.1) is 0 Å². The van der Waals surface area contributed by atoms with E-state index in [4.69, 9.17) is 4.74 Å². The van der Waals surface area contributed by atoms with Gasteiger partial charge in [-0.05, 0) is 26.1 Å². The standard InChI is InChI=1S/C14H26N2O2S/c1-15(12-4-3-5-13(12)19-2)7-6-14(17)16-8-10-18-11-9-16/h12-13H,3-11H2,1-2H3. The van der Waals surface area contributed by atoms with Crippen molar-refractivity contribution in [3.8, 4) is 0 Å². The van der Waals surface area contributed by atoms with Gasteiger partial charge in [0.2, 0.25) is 5.91 Å². The van der Waals surface area contributed by atoms with Gasteiger partial charge in [-0.3, -0.25) is 4.79 Å². The molecule has 1 aliphatic heterocycles. The third-order valence-electron chi connectivity index (χ3n) is 4.33. The normalized spacial score (nSPS) is 28.1. The second kappa shape index (κ2) is 7.50. The van der Waals surface area contributed by atoms with Gasteiger partial charge in [0.1, 0.15) is 0 Å². The van der Waals surface area contributed by atoms with E-state index in [1.807, 2.05) is 16.7 Å². The monoisotopic (exact) mass is 286 g/mol. The van der Waals surface area contributed by atoms with Crippen LogP contribution in [0.2, 0.25) is 0 Å². The molecule has 0 aromatic carbocycles. The molecule has 1 amide bonds. The summed E-state index contributed by atoms with van der Waals surface area (Å²) in [7, 11) is 2.17. The zero-order chi connectivity index (χ0) is 13.7. The van der Waals surface area contributed by atoms with Crippen LogP contribution in [0.3, 0.4) is 0 Å². The lowest BCUT2D eigenvalue weighted by atomic mass is 10.2. The molecule has 4 nitrogen and oxygen atoms in total. The Morgan fingerprint density at radius 1 is 1.37 bits per heavy atom. The summed E-state index contributed by atoms with van der Waals surface area (Å²) in [6.07, 6.45) is 6.79. The lowest BCUT2D eigenvalue weighted by Gasteiger charge is -2.31. The Balaban J connectivity index is 1.73. The van der Waals surface area contributed by atoms with Gasteiger partial charge in [0.05, 0.1) is 13.2 Å². The van der Waals surface area contributed by atoms with E-state index in [1.165, 1.54) is 19.3 Å². The summed E-state index contributed by atoms with van der Waals surface area (Å²) in [6.45, 7) is 3.80. The van der Waals surface area contributed by atoms with Crippen LogP contribution in [-0.2, 0) is 9.53 Å². The number of amides is 1. The molecule has 1 saturated heterocycles. The first-order valence-corrected chi connectivity index (χ1v) is 8.59. The van der Waals surface area contributed by atoms with Crippen LogP contribution < -0.4 is 0 Å². The molecule has 2 rings (SSSR count). The summed E-state index contributed by atoms with van der Waals surface area (Å²) < 4.78 is 5.28. The number of hydrogen-bond donors (Lipinski definition) is 0. The molecule has 1 aliphatic carbocycles. The molecule has 0 N–H and O–H groups in total. The van der Waals surface area contributed by atoms with Crippen LogP contribution >= 0.6 is 11.8 Å². The van der Waals surface area contributed by atoms with Gasteiger partial charge >= 0.3 is 0 Å². The number of rotatable bonds is 5. The zero-order valence-corrected chi connectivity index (χ0v) is 13.0. The van der Waals surface area contributed by atoms with E-state index in [9.17, 15) is 4.79 Å². The fraction of sp³-hybridized carbons (Fsp3) is 0.929. The minimum Gasteiger partial charge on any atom is -0.378 e. The van der Waals surface area contributed by atoms with Crippen LogP contribution in [0.4, 0.5) is 0 Å². The molecular weight excluding hydrogens is 260 g/mol. The van der Waals surface area contributed by atoms with Gasteiger partial charge in [-0.2, -0.15) is 11.8 Å². The quantitative estimate of drug-likeness (QED) is 0.766. The predicted molar refractivity (Wildman–Crippen MR) is 79.6 cm³/mol. The van der Waals surface area contributed by atoms with Crippen molar-refractivity contribution in [2.24, 2.45) is 0 Å². The number of hydrogen-bond acceptors (Lipinski definition) is 4. The highest BCUT2D eigenvalue weighted by atomic mass is 32.2. The predicted octanol–water partition coefficient (Wildman–Crippen LogP) is 1.45. The second-order valence-corrected chi connectivity index (χ2v) is 6.57. The molecule has 0 radical (unpaired) electrons. The molecule has 2 aliphatic rings. The van der Waals surface area contributed by atoms with Crippen molar-refractivity contribution in [3.63, 3.8) is 0 Å². The van der Waals surface area contributed by atoms with E-state index in [1.54, 1.807) is 0 Å². The van der Waals surface area contributed by atoms with Gasteiger partial charge < -0.3 is 14.5 Å². The van der Waals surface area contributed by atoms with Crippen LogP contribution in [0.1, 0.15) is 25.7 Å². The smallest absolute Gasteiger partial charge is 0.224 e. The number of nitrogens with zero attached hydrogens (tertiary/aromatic N) is 2. The SMILES string of the molecule is CSC1CCCC1N(C)CCC(=O)N1CCOCC1. The minimum atomic E-state index is 0.286. The Morgan fingerprint density at radius 2 is 2.11 bits per heavy atom. The zero-order valence-electron chi connectivity index (χ0n) is 12.1. The van der Waals surface area contributed by atoms with Gasteiger partial charge in [0.15, 0.2) is 0 Å². The van der Waals surface area contributed by atoms with E-state index in [-0.39, 0.29) is 5.91 Å². The molecule has 110 valence electrons. The van der Waals surface area contributed by atoms with E-state index < -0.39 is 0 Å². The molecule has 19 heavy (non-hydrogen) atoms. The van der Waals surface area contributed by atoms with Crippen molar-refractivity contribution in [2.75, 3.05) is 46.2 Å². The maximum Gasteiger partial charge on any atom is 0.224 e. The van der Waals surface area contributed by atoms with Crippen LogP contribution in [0.25, 0.3) is 0 Å². The minimum absolute atomic E-state index is 0.286. The number of carbonyl (C=O) groups excluding carboxylic acids is 1. The molecule has 1 saturated carbocycles. The van der Waals surface area contributed by atoms with Crippen molar-refractivity contribution < 1.29 is 9.53 Å². The number of thioether (sulfide) groups is 1. The van der Waals surface area contributed by atoms with E-state index in [0.29, 0.717) is 25.7 Å². The number of morpholine rings is 1. The molecule has 5 heteroatoms. The molecule has 2 unspecified atom stereocenters. The first kappa shape index (κ1) is 15.1. The highest BCUT2D eigenvalue weighted by Crippen LogP contribution is 2.31. The third kappa shape index (κ3) is 4.10. The Morgan fingerprint density at radius 3 is 2.79 bits per heavy atom. The molecule has 1 heterocycles. The summed E-state index contributed by atoms with van der Waals surface area (Å²) in [5.41, 5.74) is 0. The van der Waals surface area contributed by atoms with Crippen molar-refractivity contribution in [1.29, 1.82) is 0 Å². The number of ether oxygens (including phenoxy) is 1. The van der Waals surface area contributed by atoms with Gasteiger partial charge in [-0.25, -0.2) is 0 Å². The Bertz CT molecular complexity index is 295. The fourth-order valence-corrected chi connectivity index (χ4v) is 4.15. The summed E-state index contributed by atoms with van der Waals surface area (Å²) in [6, 6.07) is 0.660. The molecule has 0 aromatic heterocycles. The van der Waals surface area contributed by atoms with E-state index in [0.717, 1.165) is 24.9 Å². The maximum absolute atomic E-state index is 12.1. The van der Waals surface area contributed by atoms with Gasteiger partial charge in [0, 0.05) is 37.3 Å². The fourth-order valence-electron chi connectivity index (χ4n) is 3.09. The first-order chi connectivity index (χ1) is 9.22. The van der Waals surface area contributed by atoms with E-state index >= 15 is 0 Å². The van der Waals surface area contributed by atoms with Crippen molar-refractivity contribution in [2.45, 2.75) is 37.0 Å². The molecule has 0 spiro atoms. The third-order valence-corrected chi connectivity index (χ3v) is 5.48. The van der Waals surface area contributed by atoms with E-state index in [2.05, 4.69) is 18.2 Å².